The van der Waals surface area contributed by atoms with E-state index in [1.165, 1.54) is 0 Å². The smallest absolute Gasteiger partial charge is 0.187 e. The molecular weight excluding hydrogens is 1580 g/mol. The molecule has 11 heterocycles. The standard InChI is InChI=1S/C62H104O52/c63-1-16-27(74)29(76)40(87)56(103-16)114-51-26(73)15(69)7-97-62(51)101-11-22-50(33(80)43(90)59(108-22)109-46-17(2-64)102-52(93)36(83)31(46)78)113-61-45(92)35(82)49(21(107-61)10-100-55-39(86)25(72)14(68)6-96-55)112-60-44(91)34(81)48(20(106-60)9-99-54-38(85)24(71)13(67)5-95-54)111-58-42(89)32(79)47(18(3-65)104-58)110-57-41(88)30(77)28(75)19(105-57)8-98-53-37(84)23(70)12(66)4-94-53/h12-93H,1-11H2/t12-,13-,14-,15-,16-,17-,18-,19-,20-,21-,22-,23+,24+,25+,26+,27+,28-,29+,30+,31-,32-,33-,34-,35-,36-,37-,38-,39+,40-,41-,42-,43-,44-,45-,46-,47-,48-,49-,50-,51-,52-,53-,54-,55-,56+,57+,58+,59+,60+,61+,62-/m1/s1. The third-order valence-electron chi connectivity index (χ3n) is 21.3. The third-order valence-corrected chi connectivity index (χ3v) is 21.3. The average molecular weight is 1680 g/mol. The molecule has 11 rings (SSSR count). The van der Waals surface area contributed by atoms with Gasteiger partial charge < -0.3 is 258 Å². The molecule has 31 N–H and O–H groups in total. The zero-order valence-electron chi connectivity index (χ0n) is 59.7. The van der Waals surface area contributed by atoms with Gasteiger partial charge in [0.1, 0.15) is 244 Å². The quantitative estimate of drug-likeness (QED) is 0.0363. The molecule has 0 aromatic heterocycles. The van der Waals surface area contributed by atoms with Gasteiger partial charge in [0.25, 0.3) is 0 Å². The van der Waals surface area contributed by atoms with Crippen LogP contribution in [0.3, 0.4) is 0 Å². The van der Waals surface area contributed by atoms with Gasteiger partial charge in [-0.15, -0.1) is 0 Å². The molecular formula is C62H104O52. The van der Waals surface area contributed by atoms with Crippen molar-refractivity contribution in [2.24, 2.45) is 0 Å². The zero-order valence-corrected chi connectivity index (χ0v) is 59.7. The van der Waals surface area contributed by atoms with Crippen molar-refractivity contribution in [3.63, 3.8) is 0 Å². The highest BCUT2D eigenvalue weighted by atomic mass is 16.8. The van der Waals surface area contributed by atoms with Crippen LogP contribution in [0.5, 0.6) is 0 Å². The Kier molecular flexibility index (Phi) is 32.5. The number of rotatable bonds is 27. The van der Waals surface area contributed by atoms with Gasteiger partial charge in [0.05, 0.1) is 72.7 Å². The van der Waals surface area contributed by atoms with E-state index in [4.69, 9.17) is 99.5 Å². The Balaban J connectivity index is 0.841. The monoisotopic (exact) mass is 1680 g/mol. The summed E-state index contributed by atoms with van der Waals surface area (Å²) in [5.74, 6) is 0. The van der Waals surface area contributed by atoms with Crippen molar-refractivity contribution in [1.29, 1.82) is 0 Å². The van der Waals surface area contributed by atoms with Crippen LogP contribution < -0.4 is 0 Å². The maximum atomic E-state index is 12.3. The van der Waals surface area contributed by atoms with Crippen LogP contribution >= 0.6 is 0 Å². The van der Waals surface area contributed by atoms with Crippen molar-refractivity contribution >= 4 is 0 Å². The topological polar surface area (TPSA) is 821 Å². The highest BCUT2D eigenvalue weighted by molar-refractivity contribution is 5.02. The van der Waals surface area contributed by atoms with Gasteiger partial charge in [-0.05, 0) is 0 Å². The molecule has 0 aliphatic carbocycles. The Morgan fingerprint density at radius 3 is 0.754 bits per heavy atom. The Labute approximate surface area is 642 Å². The fraction of sp³-hybridized carbons (Fsp3) is 1.00. The van der Waals surface area contributed by atoms with E-state index in [-0.39, 0.29) is 0 Å². The fourth-order valence-electron chi connectivity index (χ4n) is 14.4. The van der Waals surface area contributed by atoms with E-state index >= 15 is 0 Å². The molecule has 11 aliphatic rings. The van der Waals surface area contributed by atoms with E-state index in [1.54, 1.807) is 0 Å². The lowest BCUT2D eigenvalue weighted by atomic mass is 9.95. The molecule has 0 amide bonds. The lowest BCUT2D eigenvalue weighted by Crippen LogP contribution is -2.68. The second-order valence-electron chi connectivity index (χ2n) is 29.2. The third kappa shape index (κ3) is 19.9. The minimum Gasteiger partial charge on any atom is -0.394 e. The van der Waals surface area contributed by atoms with Gasteiger partial charge >= 0.3 is 0 Å². The van der Waals surface area contributed by atoms with Crippen LogP contribution in [0.15, 0.2) is 0 Å². The van der Waals surface area contributed by atoms with E-state index in [0.29, 0.717) is 0 Å². The van der Waals surface area contributed by atoms with Gasteiger partial charge in [0.15, 0.2) is 69.2 Å². The molecule has 11 aliphatic heterocycles. The molecule has 52 nitrogen and oxygen atoms in total. The summed E-state index contributed by atoms with van der Waals surface area (Å²) in [6.07, 6.45) is -105. The molecule has 0 bridgehead atoms. The highest BCUT2D eigenvalue weighted by Crippen LogP contribution is 2.40. The Bertz CT molecular complexity index is 2890. The molecule has 0 saturated carbocycles. The van der Waals surface area contributed by atoms with Crippen LogP contribution in [-0.2, 0) is 99.5 Å². The van der Waals surface area contributed by atoms with Crippen LogP contribution in [0.4, 0.5) is 0 Å². The summed E-state index contributed by atoms with van der Waals surface area (Å²) < 4.78 is 120. The first-order valence-corrected chi connectivity index (χ1v) is 36.3. The summed E-state index contributed by atoms with van der Waals surface area (Å²) >= 11 is 0. The molecule has 0 spiro atoms. The largest absolute Gasteiger partial charge is 0.394 e. The van der Waals surface area contributed by atoms with E-state index < -0.39 is 386 Å². The van der Waals surface area contributed by atoms with Crippen molar-refractivity contribution < 1.29 is 258 Å². The molecule has 0 aromatic rings. The zero-order chi connectivity index (χ0) is 83.1. The lowest BCUT2D eigenvalue weighted by Gasteiger charge is -2.50. The number of hydrogen-bond donors (Lipinski definition) is 31. The first-order valence-electron chi connectivity index (χ1n) is 36.3. The molecule has 0 radical (unpaired) electrons. The van der Waals surface area contributed by atoms with Crippen LogP contribution in [0.1, 0.15) is 0 Å². The van der Waals surface area contributed by atoms with Crippen LogP contribution in [0, 0.1) is 0 Å². The SMILES string of the molecule is OC[C@H]1O[C@@H](O[C@H]2[C@@H](OC[C@H]3O[C@@H](O[C@H]4[C@H](O)[C@@H](O)[C@H](O)O[C@@H]4CO)[C@H](O)[C@@H](O)[C@@H]3O[C@@H]3O[C@H](CO[C@H]4OC[C@@H](O)[C@H](O)[C@@H]4O)[C@@H](O[C@@H]4O[C@H](CO[C@H]5OC[C@@H](O)[C@H](O)[C@H]5O)[C@@H](O[C@@H]5O[C@H](CO)[C@@H](O[C@@H]6O[C@H](CO[C@H]7OC[C@@H](O)[C@H](O)[C@H]7O)[C@@H](O)[C@H](O)[C@H]6O)[C@H](O)[C@H]5O)[C@H](O)[C@H]4O)[C@H](O)[C@H]3O)OC[C@@H](O)[C@@H]2O)[C@H](O)[C@@H](O)[C@H]1O. The van der Waals surface area contributed by atoms with E-state index in [1.807, 2.05) is 0 Å². The van der Waals surface area contributed by atoms with Gasteiger partial charge in [-0.25, -0.2) is 0 Å². The van der Waals surface area contributed by atoms with Gasteiger partial charge in [-0.1, -0.05) is 0 Å². The van der Waals surface area contributed by atoms with Crippen LogP contribution in [-0.4, -0.2) is 544 Å². The van der Waals surface area contributed by atoms with E-state index in [0.717, 1.165) is 0 Å². The fourth-order valence-corrected chi connectivity index (χ4v) is 14.4. The number of aliphatic hydroxyl groups excluding tert-OH is 31. The lowest BCUT2D eigenvalue weighted by molar-refractivity contribution is -0.401. The second kappa shape index (κ2) is 40.1. The molecule has 114 heavy (non-hydrogen) atoms. The molecule has 11 saturated heterocycles. The summed E-state index contributed by atoms with van der Waals surface area (Å²) in [5.41, 5.74) is 0. The van der Waals surface area contributed by atoms with Crippen molar-refractivity contribution in [2.45, 2.75) is 313 Å². The van der Waals surface area contributed by atoms with Gasteiger partial charge in [0.2, 0.25) is 0 Å². The molecule has 0 aromatic carbocycles. The highest BCUT2D eigenvalue weighted by Gasteiger charge is 2.60. The molecule has 52 heteroatoms. The Hall–Kier alpha value is -2.08. The second-order valence-corrected chi connectivity index (χ2v) is 29.2. The number of hydrogen-bond acceptors (Lipinski definition) is 52. The minimum absolute atomic E-state index is 0.508. The Morgan fingerprint density at radius 2 is 0.412 bits per heavy atom. The van der Waals surface area contributed by atoms with Gasteiger partial charge in [-0.2, -0.15) is 0 Å². The summed E-state index contributed by atoms with van der Waals surface area (Å²) in [7, 11) is 0. The molecule has 11 fully saturated rings. The van der Waals surface area contributed by atoms with Crippen LogP contribution in [0.25, 0.3) is 0 Å². The van der Waals surface area contributed by atoms with Crippen molar-refractivity contribution in [3.8, 4) is 0 Å². The van der Waals surface area contributed by atoms with Crippen molar-refractivity contribution in [3.05, 3.63) is 0 Å². The Morgan fingerprint density at radius 1 is 0.184 bits per heavy atom. The van der Waals surface area contributed by atoms with Crippen molar-refractivity contribution in [1.82, 2.24) is 0 Å². The van der Waals surface area contributed by atoms with Gasteiger partial charge in [0, 0.05) is 0 Å². The summed E-state index contributed by atoms with van der Waals surface area (Å²) in [4.78, 5) is 0. The maximum Gasteiger partial charge on any atom is 0.187 e. The summed E-state index contributed by atoms with van der Waals surface area (Å²) in [6.45, 7) is -9.75. The number of ether oxygens (including phenoxy) is 21. The molecule has 51 atom stereocenters. The molecule has 0 unspecified atom stereocenters. The summed E-state index contributed by atoms with van der Waals surface area (Å²) in [5, 5.41) is 339. The normalized spacial score (nSPS) is 54.1. The molecule has 664 valence electrons. The maximum absolute atomic E-state index is 12.3. The minimum atomic E-state index is -2.55. The van der Waals surface area contributed by atoms with E-state index in [9.17, 15) is 158 Å². The predicted molar refractivity (Wildman–Crippen MR) is 338 cm³/mol. The number of aliphatic hydroxyl groups is 31. The van der Waals surface area contributed by atoms with Gasteiger partial charge in [-0.3, -0.25) is 0 Å². The van der Waals surface area contributed by atoms with Crippen LogP contribution in [0.2, 0.25) is 0 Å². The first kappa shape index (κ1) is 92.6. The average Bonchev–Trinajstić information content (AvgIpc) is 0.778. The summed E-state index contributed by atoms with van der Waals surface area (Å²) in [6, 6.07) is 0. The first-order chi connectivity index (χ1) is 54.0. The van der Waals surface area contributed by atoms with Crippen molar-refractivity contribution in [2.75, 3.05) is 72.7 Å². The van der Waals surface area contributed by atoms with E-state index in [2.05, 4.69) is 0 Å². The predicted octanol–water partition coefficient (Wildman–Crippen LogP) is -22.4.